The molecule has 5 heteroatoms. The standard InChI is InChI=1S/C9H16N2S3/c1-4-7-10-8(14-11-7)13-6-9(2,3)5-12/h12H,4-6H2,1-3H3. The van der Waals surface area contributed by atoms with Crippen LogP contribution in [0.15, 0.2) is 4.34 Å². The first-order chi connectivity index (χ1) is 6.57. The molecule has 1 heterocycles. The number of thiol groups is 1. The summed E-state index contributed by atoms with van der Waals surface area (Å²) in [6, 6.07) is 0. The molecular formula is C9H16N2S3. The van der Waals surface area contributed by atoms with Crippen molar-refractivity contribution >= 4 is 35.9 Å². The zero-order chi connectivity index (χ0) is 10.6. The van der Waals surface area contributed by atoms with Crippen molar-refractivity contribution in [3.8, 4) is 0 Å². The third-order valence-electron chi connectivity index (χ3n) is 1.78. The summed E-state index contributed by atoms with van der Waals surface area (Å²) < 4.78 is 5.33. The molecule has 0 spiro atoms. The van der Waals surface area contributed by atoms with E-state index in [0.29, 0.717) is 0 Å². The molecule has 0 bridgehead atoms. The number of hydrogen-bond acceptors (Lipinski definition) is 5. The van der Waals surface area contributed by atoms with Crippen LogP contribution in [-0.4, -0.2) is 20.9 Å². The third-order valence-corrected chi connectivity index (χ3v) is 5.03. The van der Waals surface area contributed by atoms with E-state index in [1.165, 1.54) is 11.5 Å². The fraction of sp³-hybridized carbons (Fsp3) is 0.778. The Morgan fingerprint density at radius 3 is 2.71 bits per heavy atom. The lowest BCUT2D eigenvalue weighted by Crippen LogP contribution is -2.16. The van der Waals surface area contributed by atoms with Crippen LogP contribution in [0.4, 0.5) is 0 Å². The maximum absolute atomic E-state index is 4.41. The van der Waals surface area contributed by atoms with E-state index in [2.05, 4.69) is 42.8 Å². The van der Waals surface area contributed by atoms with Crippen LogP contribution in [0.2, 0.25) is 0 Å². The van der Waals surface area contributed by atoms with Gasteiger partial charge in [-0.3, -0.25) is 0 Å². The smallest absolute Gasteiger partial charge is 0.170 e. The van der Waals surface area contributed by atoms with Crippen molar-refractivity contribution in [3.05, 3.63) is 5.82 Å². The minimum Gasteiger partial charge on any atom is -0.213 e. The summed E-state index contributed by atoms with van der Waals surface area (Å²) in [7, 11) is 0. The van der Waals surface area contributed by atoms with Gasteiger partial charge in [0.1, 0.15) is 5.82 Å². The lowest BCUT2D eigenvalue weighted by Gasteiger charge is -2.19. The summed E-state index contributed by atoms with van der Waals surface area (Å²) in [5.41, 5.74) is 0.270. The molecule has 0 atom stereocenters. The predicted molar refractivity (Wildman–Crippen MR) is 67.6 cm³/mol. The van der Waals surface area contributed by atoms with Crippen LogP contribution in [0.1, 0.15) is 26.6 Å². The number of thioether (sulfide) groups is 1. The van der Waals surface area contributed by atoms with E-state index in [9.17, 15) is 0 Å². The molecule has 0 aromatic carbocycles. The van der Waals surface area contributed by atoms with Crippen molar-refractivity contribution in [2.45, 2.75) is 31.5 Å². The molecule has 1 aromatic rings. The van der Waals surface area contributed by atoms with Crippen LogP contribution in [0, 0.1) is 5.41 Å². The van der Waals surface area contributed by atoms with Gasteiger partial charge in [-0.2, -0.15) is 17.0 Å². The van der Waals surface area contributed by atoms with Crippen LogP contribution < -0.4 is 0 Å². The zero-order valence-electron chi connectivity index (χ0n) is 8.78. The van der Waals surface area contributed by atoms with Crippen molar-refractivity contribution in [2.75, 3.05) is 11.5 Å². The molecule has 14 heavy (non-hydrogen) atoms. The molecule has 0 unspecified atom stereocenters. The largest absolute Gasteiger partial charge is 0.213 e. The van der Waals surface area contributed by atoms with Crippen molar-refractivity contribution in [1.29, 1.82) is 0 Å². The first kappa shape index (κ1) is 12.3. The molecule has 0 radical (unpaired) electrons. The van der Waals surface area contributed by atoms with Crippen LogP contribution in [0.25, 0.3) is 0 Å². The normalized spacial score (nSPS) is 12.0. The summed E-state index contributed by atoms with van der Waals surface area (Å²) in [5.74, 6) is 2.91. The first-order valence-corrected chi connectivity index (χ1v) is 7.03. The second-order valence-electron chi connectivity index (χ2n) is 3.94. The lowest BCUT2D eigenvalue weighted by atomic mass is 10.0. The van der Waals surface area contributed by atoms with Crippen molar-refractivity contribution in [3.63, 3.8) is 0 Å². The van der Waals surface area contributed by atoms with Gasteiger partial charge in [0.15, 0.2) is 4.34 Å². The molecule has 1 aromatic heterocycles. The van der Waals surface area contributed by atoms with Gasteiger partial charge in [-0.1, -0.05) is 32.5 Å². The van der Waals surface area contributed by atoms with Crippen LogP contribution in [-0.2, 0) is 6.42 Å². The fourth-order valence-electron chi connectivity index (χ4n) is 0.743. The van der Waals surface area contributed by atoms with E-state index in [1.807, 2.05) is 0 Å². The number of aryl methyl sites for hydroxylation is 1. The van der Waals surface area contributed by atoms with Crippen LogP contribution >= 0.6 is 35.9 Å². The summed E-state index contributed by atoms with van der Waals surface area (Å²) in [6.45, 7) is 6.51. The summed E-state index contributed by atoms with van der Waals surface area (Å²) in [5, 5.41) is 0. The van der Waals surface area contributed by atoms with Crippen LogP contribution in [0.5, 0.6) is 0 Å². The molecule has 0 aliphatic heterocycles. The summed E-state index contributed by atoms with van der Waals surface area (Å²) >= 11 is 7.61. The van der Waals surface area contributed by atoms with Crippen molar-refractivity contribution < 1.29 is 0 Å². The van der Waals surface area contributed by atoms with E-state index in [1.54, 1.807) is 11.8 Å². The monoisotopic (exact) mass is 248 g/mol. The maximum atomic E-state index is 4.41. The highest BCUT2D eigenvalue weighted by Crippen LogP contribution is 2.29. The summed E-state index contributed by atoms with van der Waals surface area (Å²) in [4.78, 5) is 4.41. The Hall–Kier alpha value is 0.260. The van der Waals surface area contributed by atoms with Gasteiger partial charge in [0, 0.05) is 12.2 Å². The highest BCUT2D eigenvalue weighted by atomic mass is 32.2. The second-order valence-corrected chi connectivity index (χ2v) is 6.23. The van der Waals surface area contributed by atoms with E-state index in [0.717, 1.165) is 28.1 Å². The molecule has 1 rings (SSSR count). The first-order valence-electron chi connectivity index (χ1n) is 4.63. The van der Waals surface area contributed by atoms with Gasteiger partial charge in [0.2, 0.25) is 0 Å². The Morgan fingerprint density at radius 2 is 2.21 bits per heavy atom. The molecule has 0 saturated carbocycles. The van der Waals surface area contributed by atoms with Gasteiger partial charge < -0.3 is 0 Å². The number of rotatable bonds is 5. The van der Waals surface area contributed by atoms with Crippen molar-refractivity contribution in [1.82, 2.24) is 9.36 Å². The molecule has 0 aliphatic rings. The molecule has 0 aliphatic carbocycles. The Kier molecular flexibility index (Phi) is 4.73. The Morgan fingerprint density at radius 1 is 1.50 bits per heavy atom. The molecule has 2 nitrogen and oxygen atoms in total. The predicted octanol–water partition coefficient (Wildman–Crippen LogP) is 3.15. The van der Waals surface area contributed by atoms with Gasteiger partial charge in [-0.15, -0.1) is 0 Å². The van der Waals surface area contributed by atoms with E-state index in [-0.39, 0.29) is 5.41 Å². The minimum atomic E-state index is 0.270. The Bertz CT molecular complexity index is 283. The number of aromatic nitrogens is 2. The average molecular weight is 248 g/mol. The second kappa shape index (κ2) is 5.37. The molecule has 0 N–H and O–H groups in total. The van der Waals surface area contributed by atoms with Gasteiger partial charge in [0.25, 0.3) is 0 Å². The third kappa shape index (κ3) is 3.79. The SMILES string of the molecule is CCc1nsc(SCC(C)(C)CS)n1. The molecular weight excluding hydrogens is 232 g/mol. The molecule has 0 fully saturated rings. The van der Waals surface area contributed by atoms with Gasteiger partial charge in [0.05, 0.1) is 0 Å². The van der Waals surface area contributed by atoms with E-state index >= 15 is 0 Å². The highest BCUT2D eigenvalue weighted by Gasteiger charge is 2.17. The quantitative estimate of drug-likeness (QED) is 0.640. The number of hydrogen-bond donors (Lipinski definition) is 1. The fourth-order valence-corrected chi connectivity index (χ4v) is 2.79. The maximum Gasteiger partial charge on any atom is 0.170 e. The van der Waals surface area contributed by atoms with Gasteiger partial charge in [-0.05, 0) is 22.7 Å². The summed E-state index contributed by atoms with van der Waals surface area (Å²) in [6.07, 6.45) is 0.924. The van der Waals surface area contributed by atoms with E-state index < -0.39 is 0 Å². The average Bonchev–Trinajstić information content (AvgIpc) is 2.63. The van der Waals surface area contributed by atoms with E-state index in [4.69, 9.17) is 0 Å². The molecule has 80 valence electrons. The van der Waals surface area contributed by atoms with Crippen LogP contribution in [0.3, 0.4) is 0 Å². The lowest BCUT2D eigenvalue weighted by molar-refractivity contribution is 0.493. The Labute approximate surface area is 99.5 Å². The Balaban J connectivity index is 2.45. The topological polar surface area (TPSA) is 25.8 Å². The molecule has 0 saturated heterocycles. The number of nitrogens with zero attached hydrogens (tertiary/aromatic N) is 2. The molecule has 0 amide bonds. The van der Waals surface area contributed by atoms with Gasteiger partial charge >= 0.3 is 0 Å². The highest BCUT2D eigenvalue weighted by molar-refractivity contribution is 8.01. The minimum absolute atomic E-state index is 0.270. The van der Waals surface area contributed by atoms with Crippen molar-refractivity contribution in [2.24, 2.45) is 5.41 Å². The zero-order valence-corrected chi connectivity index (χ0v) is 11.3. The van der Waals surface area contributed by atoms with Gasteiger partial charge in [-0.25, -0.2) is 4.98 Å².